The average molecular weight is 252 g/mol. The monoisotopic (exact) mass is 252 g/mol. The van der Waals surface area contributed by atoms with Gasteiger partial charge in [-0.3, -0.25) is 0 Å². The van der Waals surface area contributed by atoms with Crippen LogP contribution in [0.3, 0.4) is 0 Å². The highest BCUT2D eigenvalue weighted by molar-refractivity contribution is 7.88. The predicted octanol–water partition coefficient (Wildman–Crippen LogP) is 1.80. The van der Waals surface area contributed by atoms with Gasteiger partial charge in [0.15, 0.2) is 0 Å². The third-order valence-corrected chi connectivity index (χ3v) is 3.78. The van der Waals surface area contributed by atoms with Crippen LogP contribution in [0.5, 0.6) is 0 Å². The Balaban J connectivity index is 2.67. The summed E-state index contributed by atoms with van der Waals surface area (Å²) >= 11 is 0. The Bertz CT molecular complexity index is 477. The first-order valence-corrected chi connectivity index (χ1v) is 7.13. The normalized spacial score (nSPS) is 12.9. The van der Waals surface area contributed by atoms with Crippen molar-refractivity contribution in [3.63, 3.8) is 0 Å². The van der Waals surface area contributed by atoms with Gasteiger partial charge < -0.3 is 0 Å². The fraction of sp³-hybridized carbons (Fsp3) is 0.417. The van der Waals surface area contributed by atoms with Crippen molar-refractivity contribution < 1.29 is 8.42 Å². The third-order valence-electron chi connectivity index (χ3n) is 2.38. The summed E-state index contributed by atoms with van der Waals surface area (Å²) in [7, 11) is -3.37. The molecule has 17 heavy (non-hydrogen) atoms. The quantitative estimate of drug-likeness (QED) is 0.839. The highest BCUT2D eigenvalue weighted by Gasteiger charge is 2.16. The lowest BCUT2D eigenvalue weighted by atomic mass is 10.2. The molecule has 0 saturated carbocycles. The van der Waals surface area contributed by atoms with E-state index in [1.54, 1.807) is 24.3 Å². The van der Waals surface area contributed by atoms with Crippen molar-refractivity contribution in [3.05, 3.63) is 35.9 Å². The van der Waals surface area contributed by atoms with Crippen LogP contribution in [0.1, 0.15) is 25.3 Å². The van der Waals surface area contributed by atoms with Crippen molar-refractivity contribution in [1.29, 1.82) is 5.26 Å². The molecule has 1 aromatic carbocycles. The maximum Gasteiger partial charge on any atom is 0.216 e. The third kappa shape index (κ3) is 4.98. The lowest BCUT2D eigenvalue weighted by Gasteiger charge is -2.13. The van der Waals surface area contributed by atoms with Gasteiger partial charge in [0.1, 0.15) is 0 Å². The van der Waals surface area contributed by atoms with Crippen LogP contribution in [0.15, 0.2) is 30.3 Å². The molecule has 0 spiro atoms. The molecule has 4 nitrogen and oxygen atoms in total. The first-order valence-electron chi connectivity index (χ1n) is 5.48. The number of benzene rings is 1. The van der Waals surface area contributed by atoms with Crippen LogP contribution in [0, 0.1) is 11.3 Å². The lowest BCUT2D eigenvalue weighted by Crippen LogP contribution is -2.34. The molecule has 1 atom stereocenters. The molecule has 0 aliphatic rings. The van der Waals surface area contributed by atoms with Gasteiger partial charge in [0.2, 0.25) is 10.0 Å². The second-order valence-electron chi connectivity index (χ2n) is 3.83. The zero-order valence-corrected chi connectivity index (χ0v) is 10.6. The number of nitriles is 1. The molecule has 92 valence electrons. The molecule has 1 rings (SSSR count). The highest BCUT2D eigenvalue weighted by Crippen LogP contribution is 2.06. The van der Waals surface area contributed by atoms with Crippen molar-refractivity contribution in [2.24, 2.45) is 0 Å². The standard InChI is InChI=1S/C12H16N2O2S/c1-2-12(8-9-13)14-17(15,16)10-11-6-4-3-5-7-11/h3-7,12,14H,2,8,10H2,1H3. The first-order chi connectivity index (χ1) is 8.07. The zero-order valence-electron chi connectivity index (χ0n) is 9.76. The molecule has 1 aromatic rings. The molecule has 0 aromatic heterocycles. The minimum absolute atomic E-state index is 0.0459. The smallest absolute Gasteiger partial charge is 0.212 e. The van der Waals surface area contributed by atoms with Crippen molar-refractivity contribution in [3.8, 4) is 6.07 Å². The molecule has 0 fully saturated rings. The SMILES string of the molecule is CCC(CC#N)NS(=O)(=O)Cc1ccccc1. The second kappa shape index (κ2) is 6.38. The molecule has 0 bridgehead atoms. The second-order valence-corrected chi connectivity index (χ2v) is 5.58. The van der Waals surface area contributed by atoms with Gasteiger partial charge in [0.25, 0.3) is 0 Å². The predicted molar refractivity (Wildman–Crippen MR) is 66.5 cm³/mol. The maximum atomic E-state index is 11.8. The van der Waals surface area contributed by atoms with Crippen LogP contribution in [0.25, 0.3) is 0 Å². The van der Waals surface area contributed by atoms with E-state index in [4.69, 9.17) is 5.26 Å². The van der Waals surface area contributed by atoms with Crippen LogP contribution in [0.2, 0.25) is 0 Å². The fourth-order valence-corrected chi connectivity index (χ4v) is 2.94. The van der Waals surface area contributed by atoms with E-state index in [2.05, 4.69) is 4.72 Å². The Morgan fingerprint density at radius 3 is 2.53 bits per heavy atom. The van der Waals surface area contributed by atoms with Gasteiger partial charge >= 0.3 is 0 Å². The van der Waals surface area contributed by atoms with Crippen molar-refractivity contribution in [2.75, 3.05) is 0 Å². The highest BCUT2D eigenvalue weighted by atomic mass is 32.2. The lowest BCUT2D eigenvalue weighted by molar-refractivity contribution is 0.542. The summed E-state index contributed by atoms with van der Waals surface area (Å²) in [5, 5.41) is 8.57. The summed E-state index contributed by atoms with van der Waals surface area (Å²) in [5.41, 5.74) is 0.742. The summed E-state index contributed by atoms with van der Waals surface area (Å²) < 4.78 is 26.2. The number of nitrogens with zero attached hydrogens (tertiary/aromatic N) is 1. The van der Waals surface area contributed by atoms with Crippen LogP contribution in [-0.2, 0) is 15.8 Å². The summed E-state index contributed by atoms with van der Waals surface area (Å²) in [5.74, 6) is -0.0459. The fourth-order valence-electron chi connectivity index (χ4n) is 1.47. The van der Waals surface area contributed by atoms with Gasteiger partial charge in [0, 0.05) is 6.04 Å². The molecule has 1 N–H and O–H groups in total. The van der Waals surface area contributed by atoms with Crippen LogP contribution >= 0.6 is 0 Å². The van der Waals surface area contributed by atoms with Gasteiger partial charge in [0.05, 0.1) is 18.2 Å². The molecule has 0 heterocycles. The molecule has 1 unspecified atom stereocenters. The topological polar surface area (TPSA) is 70.0 Å². The van der Waals surface area contributed by atoms with Gasteiger partial charge in [-0.1, -0.05) is 37.3 Å². The van der Waals surface area contributed by atoms with Gasteiger partial charge in [-0.2, -0.15) is 5.26 Å². The van der Waals surface area contributed by atoms with Crippen molar-refractivity contribution in [1.82, 2.24) is 4.72 Å². The summed E-state index contributed by atoms with van der Waals surface area (Å²) in [6.07, 6.45) is 0.812. The van der Waals surface area contributed by atoms with Crippen molar-refractivity contribution in [2.45, 2.75) is 31.6 Å². The number of hydrogen-bond acceptors (Lipinski definition) is 3. The van der Waals surface area contributed by atoms with E-state index in [-0.39, 0.29) is 18.2 Å². The number of nitrogens with one attached hydrogen (secondary N) is 1. The Kier molecular flexibility index (Phi) is 5.13. The van der Waals surface area contributed by atoms with E-state index < -0.39 is 10.0 Å². The van der Waals surface area contributed by atoms with Crippen LogP contribution in [0.4, 0.5) is 0 Å². The summed E-state index contributed by atoms with van der Waals surface area (Å²) in [6.45, 7) is 1.85. The minimum Gasteiger partial charge on any atom is -0.212 e. The summed E-state index contributed by atoms with van der Waals surface area (Å²) in [4.78, 5) is 0. The van der Waals surface area contributed by atoms with E-state index >= 15 is 0 Å². The zero-order chi connectivity index (χ0) is 12.7. The molecule has 0 aliphatic heterocycles. The molecule has 0 radical (unpaired) electrons. The van der Waals surface area contributed by atoms with E-state index in [1.165, 1.54) is 0 Å². The van der Waals surface area contributed by atoms with Gasteiger partial charge in [-0.05, 0) is 12.0 Å². The van der Waals surface area contributed by atoms with Crippen LogP contribution in [-0.4, -0.2) is 14.5 Å². The van der Waals surface area contributed by atoms with Crippen LogP contribution < -0.4 is 4.72 Å². The summed E-state index contributed by atoms with van der Waals surface area (Å²) in [6, 6.07) is 10.7. The molecular weight excluding hydrogens is 236 g/mol. The molecule has 5 heteroatoms. The van der Waals surface area contributed by atoms with E-state index in [1.807, 2.05) is 19.1 Å². The Labute approximate surface area is 102 Å². The van der Waals surface area contributed by atoms with Crippen molar-refractivity contribution >= 4 is 10.0 Å². The van der Waals surface area contributed by atoms with E-state index in [9.17, 15) is 8.42 Å². The molecular formula is C12H16N2O2S. The molecule has 0 saturated heterocycles. The number of sulfonamides is 1. The Morgan fingerprint density at radius 1 is 1.35 bits per heavy atom. The molecule has 0 amide bonds. The average Bonchev–Trinajstić information content (AvgIpc) is 2.29. The van der Waals surface area contributed by atoms with E-state index in [0.717, 1.165) is 5.56 Å². The molecule has 0 aliphatic carbocycles. The van der Waals surface area contributed by atoms with E-state index in [0.29, 0.717) is 6.42 Å². The maximum absolute atomic E-state index is 11.8. The largest absolute Gasteiger partial charge is 0.216 e. The number of rotatable bonds is 6. The minimum atomic E-state index is -3.37. The number of hydrogen-bond donors (Lipinski definition) is 1. The Morgan fingerprint density at radius 2 is 2.00 bits per heavy atom. The van der Waals surface area contributed by atoms with Gasteiger partial charge in [-0.15, -0.1) is 0 Å². The first kappa shape index (κ1) is 13.7. The van der Waals surface area contributed by atoms with Gasteiger partial charge in [-0.25, -0.2) is 13.1 Å². The Hall–Kier alpha value is -1.38.